The van der Waals surface area contributed by atoms with E-state index >= 15 is 0 Å². The van der Waals surface area contributed by atoms with Crippen molar-refractivity contribution in [2.24, 2.45) is 0 Å². The fourth-order valence-electron chi connectivity index (χ4n) is 3.53. The molecular formula is C24H21ClFN3O. The first-order valence-corrected chi connectivity index (χ1v) is 10.2. The maximum absolute atomic E-state index is 14.1. The molecule has 1 amide bonds. The van der Waals surface area contributed by atoms with E-state index in [1.54, 1.807) is 12.1 Å². The summed E-state index contributed by atoms with van der Waals surface area (Å²) in [6.45, 7) is 2.55. The first-order valence-electron chi connectivity index (χ1n) is 9.82. The zero-order chi connectivity index (χ0) is 21.1. The molecule has 6 heteroatoms. The largest absolute Gasteiger partial charge is 0.342 e. The van der Waals surface area contributed by atoms with Gasteiger partial charge in [-0.15, -0.1) is 0 Å². The van der Waals surface area contributed by atoms with Gasteiger partial charge in [-0.2, -0.15) is 0 Å². The number of rotatable bonds is 6. The van der Waals surface area contributed by atoms with E-state index in [0.717, 1.165) is 22.4 Å². The molecule has 3 aromatic carbocycles. The minimum absolute atomic E-state index is 0.0244. The topological polar surface area (TPSA) is 46.9 Å². The Morgan fingerprint density at radius 3 is 2.50 bits per heavy atom. The van der Waals surface area contributed by atoms with Crippen molar-refractivity contribution in [1.82, 2.24) is 14.9 Å². The Labute approximate surface area is 179 Å². The molecule has 0 radical (unpaired) electrons. The molecular weight excluding hydrogens is 401 g/mol. The molecule has 1 unspecified atom stereocenters. The van der Waals surface area contributed by atoms with Crippen molar-refractivity contribution in [3.8, 4) is 0 Å². The van der Waals surface area contributed by atoms with E-state index in [-0.39, 0.29) is 11.6 Å². The number of amides is 1. The molecule has 0 saturated carbocycles. The van der Waals surface area contributed by atoms with Crippen molar-refractivity contribution >= 4 is 28.5 Å². The van der Waals surface area contributed by atoms with Crippen LogP contribution in [0.2, 0.25) is 5.02 Å². The predicted molar refractivity (Wildman–Crippen MR) is 117 cm³/mol. The van der Waals surface area contributed by atoms with Gasteiger partial charge in [0.25, 0.3) is 5.91 Å². The van der Waals surface area contributed by atoms with E-state index in [2.05, 4.69) is 9.88 Å². The third-order valence-corrected chi connectivity index (χ3v) is 5.33. The second-order valence-electron chi connectivity index (χ2n) is 7.09. The van der Waals surface area contributed by atoms with E-state index < -0.39 is 11.7 Å². The smallest absolute Gasteiger partial charge is 0.254 e. The standard InChI is InChI=1S/C24H21ClFN3O/c1-2-20(28-24(30)18-7-3-4-8-19(18)26)23-27-21-9-5-6-10-22(21)29(23)15-16-11-13-17(25)14-12-16/h3-14,20H,2,15H2,1H3,(H,28,30). The summed E-state index contributed by atoms with van der Waals surface area (Å²) in [6.07, 6.45) is 0.615. The zero-order valence-electron chi connectivity index (χ0n) is 16.5. The Balaban J connectivity index is 1.71. The van der Waals surface area contributed by atoms with Crippen LogP contribution in [-0.2, 0) is 6.54 Å². The van der Waals surface area contributed by atoms with Crippen LogP contribution in [0.25, 0.3) is 11.0 Å². The molecule has 0 aliphatic rings. The first-order chi connectivity index (χ1) is 14.6. The predicted octanol–water partition coefficient (Wildman–Crippen LogP) is 5.76. The highest BCUT2D eigenvalue weighted by atomic mass is 35.5. The lowest BCUT2D eigenvalue weighted by molar-refractivity contribution is 0.0929. The Hall–Kier alpha value is -3.18. The number of fused-ring (bicyclic) bond motifs is 1. The van der Waals surface area contributed by atoms with Gasteiger partial charge in [0.1, 0.15) is 11.6 Å². The van der Waals surface area contributed by atoms with Gasteiger partial charge < -0.3 is 9.88 Å². The van der Waals surface area contributed by atoms with Crippen LogP contribution in [0.4, 0.5) is 4.39 Å². The summed E-state index contributed by atoms with van der Waals surface area (Å²) in [7, 11) is 0. The number of nitrogens with one attached hydrogen (secondary N) is 1. The van der Waals surface area contributed by atoms with Crippen molar-refractivity contribution in [1.29, 1.82) is 0 Å². The van der Waals surface area contributed by atoms with Crippen LogP contribution in [0.15, 0.2) is 72.8 Å². The van der Waals surface area contributed by atoms with E-state index in [1.807, 2.05) is 55.5 Å². The molecule has 0 fully saturated rings. The number of hydrogen-bond donors (Lipinski definition) is 1. The maximum atomic E-state index is 14.1. The average Bonchev–Trinajstić information content (AvgIpc) is 3.12. The van der Waals surface area contributed by atoms with E-state index in [9.17, 15) is 9.18 Å². The summed E-state index contributed by atoms with van der Waals surface area (Å²) in [5, 5.41) is 3.63. The number of benzene rings is 3. The molecule has 1 aromatic heterocycles. The molecule has 30 heavy (non-hydrogen) atoms. The molecule has 1 heterocycles. The van der Waals surface area contributed by atoms with Gasteiger partial charge in [-0.05, 0) is 48.4 Å². The van der Waals surface area contributed by atoms with Gasteiger partial charge in [0, 0.05) is 11.6 Å². The maximum Gasteiger partial charge on any atom is 0.254 e. The van der Waals surface area contributed by atoms with Gasteiger partial charge in [-0.3, -0.25) is 4.79 Å². The molecule has 0 spiro atoms. The Kier molecular flexibility index (Phi) is 5.81. The minimum Gasteiger partial charge on any atom is -0.342 e. The zero-order valence-corrected chi connectivity index (χ0v) is 17.2. The van der Waals surface area contributed by atoms with Crippen LogP contribution in [0.5, 0.6) is 0 Å². The summed E-state index contributed by atoms with van der Waals surface area (Å²) >= 11 is 6.02. The highest BCUT2D eigenvalue weighted by Gasteiger charge is 2.22. The van der Waals surface area contributed by atoms with Crippen LogP contribution in [0.3, 0.4) is 0 Å². The lowest BCUT2D eigenvalue weighted by atomic mass is 10.1. The Bertz CT molecular complexity index is 1190. The number of halogens is 2. The molecule has 0 bridgehead atoms. The average molecular weight is 422 g/mol. The van der Waals surface area contributed by atoms with E-state index in [0.29, 0.717) is 18.0 Å². The quantitative estimate of drug-likeness (QED) is 0.430. The minimum atomic E-state index is -0.542. The van der Waals surface area contributed by atoms with Gasteiger partial charge in [0.15, 0.2) is 0 Å². The second kappa shape index (κ2) is 8.67. The van der Waals surface area contributed by atoms with Gasteiger partial charge in [0.05, 0.1) is 22.6 Å². The number of carbonyl (C=O) groups is 1. The summed E-state index contributed by atoms with van der Waals surface area (Å²) < 4.78 is 16.2. The van der Waals surface area contributed by atoms with Crippen molar-refractivity contribution in [2.45, 2.75) is 25.9 Å². The molecule has 1 N–H and O–H groups in total. The van der Waals surface area contributed by atoms with Crippen molar-refractivity contribution < 1.29 is 9.18 Å². The van der Waals surface area contributed by atoms with Gasteiger partial charge in [-0.25, -0.2) is 9.37 Å². The fourth-order valence-corrected chi connectivity index (χ4v) is 3.66. The monoisotopic (exact) mass is 421 g/mol. The van der Waals surface area contributed by atoms with E-state index in [1.165, 1.54) is 12.1 Å². The molecule has 0 saturated heterocycles. The van der Waals surface area contributed by atoms with Gasteiger partial charge in [-0.1, -0.05) is 54.9 Å². The summed E-state index contributed by atoms with van der Waals surface area (Å²) in [4.78, 5) is 17.5. The normalized spacial score (nSPS) is 12.1. The Morgan fingerprint density at radius 2 is 1.77 bits per heavy atom. The van der Waals surface area contributed by atoms with Crippen LogP contribution < -0.4 is 5.32 Å². The third-order valence-electron chi connectivity index (χ3n) is 5.08. The Morgan fingerprint density at radius 1 is 1.07 bits per heavy atom. The molecule has 1 atom stereocenters. The van der Waals surface area contributed by atoms with Crippen molar-refractivity contribution in [2.75, 3.05) is 0 Å². The molecule has 0 aliphatic heterocycles. The number of nitrogens with zero attached hydrogens (tertiary/aromatic N) is 2. The molecule has 4 rings (SSSR count). The van der Waals surface area contributed by atoms with Crippen molar-refractivity contribution in [3.05, 3.63) is 101 Å². The lowest BCUT2D eigenvalue weighted by Crippen LogP contribution is -2.31. The number of aromatic nitrogens is 2. The van der Waals surface area contributed by atoms with E-state index in [4.69, 9.17) is 16.6 Å². The number of carbonyl (C=O) groups excluding carboxylic acids is 1. The third kappa shape index (κ3) is 4.07. The molecule has 4 nitrogen and oxygen atoms in total. The summed E-state index contributed by atoms with van der Waals surface area (Å²) in [6, 6.07) is 21.1. The SMILES string of the molecule is CCC(NC(=O)c1ccccc1F)c1nc2ccccc2n1Cc1ccc(Cl)cc1. The van der Waals surface area contributed by atoms with Crippen molar-refractivity contribution in [3.63, 3.8) is 0 Å². The summed E-state index contributed by atoms with van der Waals surface area (Å²) in [5.41, 5.74) is 2.91. The number of imidazole rings is 1. The van der Waals surface area contributed by atoms with Crippen LogP contribution in [0, 0.1) is 5.82 Å². The number of para-hydroxylation sites is 2. The van der Waals surface area contributed by atoms with Crippen LogP contribution >= 0.6 is 11.6 Å². The number of hydrogen-bond acceptors (Lipinski definition) is 2. The fraction of sp³-hybridized carbons (Fsp3) is 0.167. The molecule has 152 valence electrons. The van der Waals surface area contributed by atoms with Crippen LogP contribution in [0.1, 0.15) is 41.1 Å². The van der Waals surface area contributed by atoms with Gasteiger partial charge >= 0.3 is 0 Å². The first kappa shape index (κ1) is 20.1. The molecule has 4 aromatic rings. The second-order valence-corrected chi connectivity index (χ2v) is 7.52. The van der Waals surface area contributed by atoms with Gasteiger partial charge in [0.2, 0.25) is 0 Å². The molecule has 0 aliphatic carbocycles. The van der Waals surface area contributed by atoms with Crippen LogP contribution in [-0.4, -0.2) is 15.5 Å². The lowest BCUT2D eigenvalue weighted by Gasteiger charge is -2.19. The highest BCUT2D eigenvalue weighted by molar-refractivity contribution is 6.30. The highest BCUT2D eigenvalue weighted by Crippen LogP contribution is 2.25. The summed E-state index contributed by atoms with van der Waals surface area (Å²) in [5.74, 6) is -0.261.